The second kappa shape index (κ2) is 10.9. The molecule has 1 aliphatic rings. The summed E-state index contributed by atoms with van der Waals surface area (Å²) >= 11 is 1.31. The van der Waals surface area contributed by atoms with Crippen molar-refractivity contribution in [2.75, 3.05) is 11.1 Å². The number of anilines is 1. The number of para-hydroxylation sites is 1. The number of hydrogen-bond acceptors (Lipinski definition) is 6. The molecule has 1 aromatic heterocycles. The molecule has 32 heavy (non-hydrogen) atoms. The zero-order valence-corrected chi connectivity index (χ0v) is 18.6. The third-order valence-corrected chi connectivity index (χ3v) is 6.39. The zero-order valence-electron chi connectivity index (χ0n) is 17.7. The highest BCUT2D eigenvalue weighted by Crippen LogP contribution is 2.30. The summed E-state index contributed by atoms with van der Waals surface area (Å²) in [5, 5.41) is 18.4. The van der Waals surface area contributed by atoms with Crippen LogP contribution >= 0.6 is 11.8 Å². The normalized spacial score (nSPS) is 14.1. The van der Waals surface area contributed by atoms with Crippen LogP contribution in [0.15, 0.2) is 59.8 Å². The number of nitrogens with one attached hydrogen (secondary N) is 2. The van der Waals surface area contributed by atoms with E-state index in [1.54, 1.807) is 24.3 Å². The van der Waals surface area contributed by atoms with Crippen LogP contribution in [0.1, 0.15) is 54.1 Å². The quantitative estimate of drug-likeness (QED) is 0.506. The van der Waals surface area contributed by atoms with Gasteiger partial charge in [-0.2, -0.15) is 0 Å². The molecule has 1 aliphatic carbocycles. The van der Waals surface area contributed by atoms with E-state index in [2.05, 4.69) is 26.2 Å². The lowest BCUT2D eigenvalue weighted by Gasteiger charge is -2.21. The predicted molar refractivity (Wildman–Crippen MR) is 123 cm³/mol. The molecule has 1 fully saturated rings. The summed E-state index contributed by atoms with van der Waals surface area (Å²) in [5.41, 5.74) is 1.92. The molecule has 0 atom stereocenters. The molecule has 4 rings (SSSR count). The molecular weight excluding hydrogens is 424 g/mol. The van der Waals surface area contributed by atoms with E-state index in [-0.39, 0.29) is 17.6 Å². The molecule has 0 spiro atoms. The maximum atomic E-state index is 12.7. The van der Waals surface area contributed by atoms with Crippen molar-refractivity contribution in [3.8, 4) is 0 Å². The van der Waals surface area contributed by atoms with Crippen molar-refractivity contribution in [2.45, 2.75) is 49.8 Å². The van der Waals surface area contributed by atoms with Crippen LogP contribution in [0.4, 0.5) is 5.69 Å². The van der Waals surface area contributed by atoms with Crippen LogP contribution in [0, 0.1) is 0 Å². The van der Waals surface area contributed by atoms with Gasteiger partial charge in [0.2, 0.25) is 11.1 Å². The van der Waals surface area contributed by atoms with E-state index in [1.165, 1.54) is 31.0 Å². The Morgan fingerprint density at radius 1 is 1.00 bits per heavy atom. The highest BCUT2D eigenvalue weighted by molar-refractivity contribution is 7.99. The van der Waals surface area contributed by atoms with Crippen molar-refractivity contribution in [3.05, 3.63) is 65.7 Å². The second-order valence-corrected chi connectivity index (χ2v) is 8.69. The highest BCUT2D eigenvalue weighted by Gasteiger charge is 2.21. The van der Waals surface area contributed by atoms with Gasteiger partial charge in [-0.05, 0) is 41.0 Å². The van der Waals surface area contributed by atoms with E-state index in [0.29, 0.717) is 29.0 Å². The predicted octanol–water partition coefficient (Wildman–Crippen LogP) is 3.84. The van der Waals surface area contributed by atoms with Crippen LogP contribution in [0.5, 0.6) is 0 Å². The lowest BCUT2D eigenvalue weighted by molar-refractivity contribution is -0.113. The van der Waals surface area contributed by atoms with Crippen molar-refractivity contribution < 1.29 is 9.59 Å². The van der Waals surface area contributed by atoms with E-state index in [0.717, 1.165) is 18.4 Å². The summed E-state index contributed by atoms with van der Waals surface area (Å²) < 4.78 is 1.85. The van der Waals surface area contributed by atoms with Crippen molar-refractivity contribution in [1.82, 2.24) is 25.5 Å². The minimum Gasteiger partial charge on any atom is -0.348 e. The number of aromatic nitrogens is 4. The first-order valence-corrected chi connectivity index (χ1v) is 11.8. The molecular formula is C23H26N6O2S. The summed E-state index contributed by atoms with van der Waals surface area (Å²) in [7, 11) is 0. The van der Waals surface area contributed by atoms with Gasteiger partial charge >= 0.3 is 0 Å². The summed E-state index contributed by atoms with van der Waals surface area (Å²) in [4.78, 5) is 25.3. The van der Waals surface area contributed by atoms with Crippen LogP contribution in [0.3, 0.4) is 0 Å². The van der Waals surface area contributed by atoms with Gasteiger partial charge in [0, 0.05) is 6.54 Å². The first kappa shape index (κ1) is 22.0. The van der Waals surface area contributed by atoms with Gasteiger partial charge in [0.25, 0.3) is 5.91 Å². The Bertz CT molecular complexity index is 1050. The number of nitrogens with zero attached hydrogens (tertiary/aromatic N) is 4. The molecule has 166 valence electrons. The zero-order chi connectivity index (χ0) is 22.2. The van der Waals surface area contributed by atoms with E-state index in [1.807, 2.05) is 35.0 Å². The maximum Gasteiger partial charge on any atom is 0.253 e. The molecule has 2 aromatic carbocycles. The standard InChI is InChI=1S/C23H26N6O2S/c30-21(16-32-23-26-27-28-29(23)18-11-5-2-6-12-18)25-20-14-8-7-13-19(20)22(31)24-15-17-9-3-1-4-10-17/h1,3-4,7-10,13-14,18H,2,5-6,11-12,15-16H2,(H,24,31)(H,25,30). The van der Waals surface area contributed by atoms with Crippen molar-refractivity contribution in [1.29, 1.82) is 0 Å². The molecule has 0 radical (unpaired) electrons. The summed E-state index contributed by atoms with van der Waals surface area (Å²) in [6, 6.07) is 17.0. The lowest BCUT2D eigenvalue weighted by Crippen LogP contribution is -2.25. The van der Waals surface area contributed by atoms with Gasteiger partial charge in [0.05, 0.1) is 23.0 Å². The largest absolute Gasteiger partial charge is 0.348 e. The van der Waals surface area contributed by atoms with Crippen LogP contribution in [0.25, 0.3) is 0 Å². The fourth-order valence-corrected chi connectivity index (χ4v) is 4.56. The Hall–Kier alpha value is -3.20. The SMILES string of the molecule is O=C(CSc1nnnn1C1CCCCC1)Nc1ccccc1C(=O)NCc1ccccc1. The van der Waals surface area contributed by atoms with E-state index in [4.69, 9.17) is 0 Å². The molecule has 2 N–H and O–H groups in total. The molecule has 9 heteroatoms. The highest BCUT2D eigenvalue weighted by atomic mass is 32.2. The van der Waals surface area contributed by atoms with Gasteiger partial charge in [-0.1, -0.05) is 73.5 Å². The number of carbonyl (C=O) groups is 2. The minimum atomic E-state index is -0.237. The Morgan fingerprint density at radius 3 is 2.56 bits per heavy atom. The monoisotopic (exact) mass is 450 g/mol. The molecule has 1 saturated carbocycles. The fourth-order valence-electron chi connectivity index (χ4n) is 3.82. The van der Waals surface area contributed by atoms with Gasteiger partial charge < -0.3 is 10.6 Å². The van der Waals surface area contributed by atoms with E-state index >= 15 is 0 Å². The summed E-state index contributed by atoms with van der Waals surface area (Å²) in [6.45, 7) is 0.418. The fraction of sp³-hybridized carbons (Fsp3) is 0.348. The average molecular weight is 451 g/mol. The Labute approximate surface area is 191 Å². The van der Waals surface area contributed by atoms with Crippen molar-refractivity contribution in [3.63, 3.8) is 0 Å². The third kappa shape index (κ3) is 5.73. The molecule has 8 nitrogen and oxygen atoms in total. The molecule has 0 bridgehead atoms. The molecule has 2 amide bonds. The number of carbonyl (C=O) groups excluding carboxylic acids is 2. The first-order valence-electron chi connectivity index (χ1n) is 10.8. The smallest absolute Gasteiger partial charge is 0.253 e. The van der Waals surface area contributed by atoms with E-state index < -0.39 is 0 Å². The van der Waals surface area contributed by atoms with Gasteiger partial charge in [-0.15, -0.1) is 5.10 Å². The van der Waals surface area contributed by atoms with Crippen molar-refractivity contribution in [2.24, 2.45) is 0 Å². The molecule has 0 aliphatic heterocycles. The lowest BCUT2D eigenvalue weighted by atomic mass is 9.96. The molecule has 3 aromatic rings. The van der Waals surface area contributed by atoms with Gasteiger partial charge in [-0.25, -0.2) is 4.68 Å². The van der Waals surface area contributed by atoms with Crippen LogP contribution in [-0.2, 0) is 11.3 Å². The third-order valence-electron chi connectivity index (χ3n) is 5.46. The van der Waals surface area contributed by atoms with Crippen LogP contribution in [-0.4, -0.2) is 37.8 Å². The molecule has 0 saturated heterocycles. The number of hydrogen-bond donors (Lipinski definition) is 2. The molecule has 0 unspecified atom stereocenters. The number of rotatable bonds is 8. The van der Waals surface area contributed by atoms with Crippen LogP contribution in [0.2, 0.25) is 0 Å². The minimum absolute atomic E-state index is 0.160. The van der Waals surface area contributed by atoms with Gasteiger partial charge in [-0.3, -0.25) is 9.59 Å². The Kier molecular flexibility index (Phi) is 7.50. The van der Waals surface area contributed by atoms with Crippen molar-refractivity contribution >= 4 is 29.3 Å². The van der Waals surface area contributed by atoms with E-state index in [9.17, 15) is 9.59 Å². The van der Waals surface area contributed by atoms with Gasteiger partial charge in [0.1, 0.15) is 0 Å². The Morgan fingerprint density at radius 2 is 1.75 bits per heavy atom. The topological polar surface area (TPSA) is 102 Å². The van der Waals surface area contributed by atoms with Gasteiger partial charge in [0.15, 0.2) is 0 Å². The first-order chi connectivity index (χ1) is 15.7. The number of thioether (sulfide) groups is 1. The summed E-state index contributed by atoms with van der Waals surface area (Å²) in [5.74, 6) is -0.289. The Balaban J connectivity index is 1.34. The second-order valence-electron chi connectivity index (χ2n) is 7.75. The number of benzene rings is 2. The number of tetrazole rings is 1. The number of amides is 2. The maximum absolute atomic E-state index is 12.7. The average Bonchev–Trinajstić information content (AvgIpc) is 3.31. The summed E-state index contributed by atoms with van der Waals surface area (Å²) in [6.07, 6.45) is 5.74. The molecule has 1 heterocycles. The van der Waals surface area contributed by atoms with Crippen LogP contribution < -0.4 is 10.6 Å².